The normalized spacial score (nSPS) is 17.5. The summed E-state index contributed by atoms with van der Waals surface area (Å²) in [5, 5.41) is 13.2. The summed E-state index contributed by atoms with van der Waals surface area (Å²) in [5.74, 6) is 0.412. The van der Waals surface area contributed by atoms with Gasteiger partial charge in [-0.05, 0) is 62.4 Å². The summed E-state index contributed by atoms with van der Waals surface area (Å²) in [4.78, 5) is 34.3. The molecule has 164 valence electrons. The van der Waals surface area contributed by atoms with Crippen molar-refractivity contribution in [1.82, 2.24) is 9.88 Å². The number of piperidine rings is 2. The van der Waals surface area contributed by atoms with E-state index in [1.54, 1.807) is 18.3 Å². The van der Waals surface area contributed by atoms with Crippen LogP contribution in [0.5, 0.6) is 5.75 Å². The minimum absolute atomic E-state index is 0.00969. The molecule has 2 amide bonds. The highest BCUT2D eigenvalue weighted by molar-refractivity contribution is 6.31. The molecule has 2 saturated heterocycles. The van der Waals surface area contributed by atoms with Gasteiger partial charge in [-0.1, -0.05) is 11.6 Å². The number of nitrogens with zero attached hydrogens (tertiary/aromatic N) is 3. The van der Waals surface area contributed by atoms with Crippen LogP contribution in [0.1, 0.15) is 42.5 Å². The summed E-state index contributed by atoms with van der Waals surface area (Å²) >= 11 is 5.96. The Bertz CT molecular complexity index is 954. The van der Waals surface area contributed by atoms with E-state index in [0.29, 0.717) is 48.0 Å². The molecule has 8 heteroatoms. The van der Waals surface area contributed by atoms with Crippen LogP contribution in [0, 0.1) is 5.92 Å². The zero-order chi connectivity index (χ0) is 21.8. The molecule has 2 fully saturated rings. The summed E-state index contributed by atoms with van der Waals surface area (Å²) < 4.78 is 0. The van der Waals surface area contributed by atoms with Crippen LogP contribution in [0.15, 0.2) is 36.5 Å². The number of phenolic OH excluding ortho intramolecular Hbond substituents is 1. The second-order valence-electron chi connectivity index (χ2n) is 8.14. The number of hydrogen-bond acceptors (Lipinski definition) is 5. The largest absolute Gasteiger partial charge is 0.506 e. The van der Waals surface area contributed by atoms with Gasteiger partial charge in [-0.2, -0.15) is 0 Å². The first kappa shape index (κ1) is 21.4. The minimum Gasteiger partial charge on any atom is -0.506 e. The first-order valence-corrected chi connectivity index (χ1v) is 11.2. The van der Waals surface area contributed by atoms with Gasteiger partial charge in [0.25, 0.3) is 5.91 Å². The Morgan fingerprint density at radius 3 is 2.55 bits per heavy atom. The molecule has 1 aromatic carbocycles. The molecule has 0 spiro atoms. The Balaban J connectivity index is 1.40. The van der Waals surface area contributed by atoms with Gasteiger partial charge in [0.2, 0.25) is 5.91 Å². The van der Waals surface area contributed by atoms with Crippen molar-refractivity contribution in [1.29, 1.82) is 0 Å². The van der Waals surface area contributed by atoms with E-state index in [9.17, 15) is 14.7 Å². The molecular weight excluding hydrogens is 416 g/mol. The fourth-order valence-electron chi connectivity index (χ4n) is 4.28. The van der Waals surface area contributed by atoms with Crippen molar-refractivity contribution in [3.63, 3.8) is 0 Å². The predicted molar refractivity (Wildman–Crippen MR) is 121 cm³/mol. The van der Waals surface area contributed by atoms with E-state index >= 15 is 0 Å². The van der Waals surface area contributed by atoms with Gasteiger partial charge in [0.1, 0.15) is 11.6 Å². The average Bonchev–Trinajstić information content (AvgIpc) is 2.81. The third-order valence-corrected chi connectivity index (χ3v) is 6.28. The Labute approximate surface area is 187 Å². The molecule has 0 saturated carbocycles. The van der Waals surface area contributed by atoms with Crippen LogP contribution in [0.3, 0.4) is 0 Å². The fraction of sp³-hybridized carbons (Fsp3) is 0.435. The maximum Gasteiger partial charge on any atom is 0.257 e. The predicted octanol–water partition coefficient (Wildman–Crippen LogP) is 3.92. The molecule has 0 unspecified atom stereocenters. The number of carbonyl (C=O) groups is 2. The van der Waals surface area contributed by atoms with Crippen molar-refractivity contribution in [2.45, 2.75) is 32.1 Å². The number of phenols is 1. The lowest BCUT2D eigenvalue weighted by atomic mass is 9.95. The van der Waals surface area contributed by atoms with Gasteiger partial charge < -0.3 is 20.2 Å². The molecule has 2 aliphatic rings. The molecule has 2 aromatic rings. The second kappa shape index (κ2) is 9.56. The number of rotatable bonds is 4. The molecule has 2 aliphatic heterocycles. The lowest BCUT2D eigenvalue weighted by molar-refractivity contribution is -0.120. The van der Waals surface area contributed by atoms with Crippen LogP contribution >= 0.6 is 11.6 Å². The van der Waals surface area contributed by atoms with Crippen molar-refractivity contribution in [3.8, 4) is 5.75 Å². The minimum atomic E-state index is -0.181. The third kappa shape index (κ3) is 4.93. The van der Waals surface area contributed by atoms with Crippen LogP contribution in [0.2, 0.25) is 5.02 Å². The highest BCUT2D eigenvalue weighted by atomic mass is 35.5. The molecule has 0 radical (unpaired) electrons. The summed E-state index contributed by atoms with van der Waals surface area (Å²) in [5.41, 5.74) is 0.954. The first-order chi connectivity index (χ1) is 15.0. The number of hydrogen-bond donors (Lipinski definition) is 2. The lowest BCUT2D eigenvalue weighted by Gasteiger charge is -2.34. The quantitative estimate of drug-likeness (QED) is 0.701. The highest BCUT2D eigenvalue weighted by Gasteiger charge is 2.29. The number of nitrogens with one attached hydrogen (secondary N) is 1. The molecule has 3 heterocycles. The van der Waals surface area contributed by atoms with Gasteiger partial charge in [-0.3, -0.25) is 9.59 Å². The van der Waals surface area contributed by atoms with Gasteiger partial charge >= 0.3 is 0 Å². The van der Waals surface area contributed by atoms with E-state index in [1.165, 1.54) is 18.6 Å². The Morgan fingerprint density at radius 1 is 1.06 bits per heavy atom. The molecule has 0 aliphatic carbocycles. The first-order valence-electron chi connectivity index (χ1n) is 10.8. The summed E-state index contributed by atoms with van der Waals surface area (Å²) in [6.07, 6.45) is 6.26. The number of aromatic nitrogens is 1. The second-order valence-corrected chi connectivity index (χ2v) is 8.58. The van der Waals surface area contributed by atoms with E-state index in [-0.39, 0.29) is 23.5 Å². The van der Waals surface area contributed by atoms with Crippen LogP contribution < -0.4 is 10.2 Å². The lowest BCUT2D eigenvalue weighted by Crippen LogP contribution is -2.41. The summed E-state index contributed by atoms with van der Waals surface area (Å²) in [6.45, 7) is 2.87. The topological polar surface area (TPSA) is 85.8 Å². The standard InChI is InChI=1S/C23H27ClN4O3/c24-17-6-7-20(29)19(15-17)26-22(30)16-8-13-27(14-9-16)21-18(5-4-10-25-21)23(31)28-11-2-1-3-12-28/h4-7,10,15-16,29H,1-3,8-9,11-14H2,(H,26,30). The molecule has 0 bridgehead atoms. The van der Waals surface area contributed by atoms with Crippen molar-refractivity contribution in [3.05, 3.63) is 47.1 Å². The SMILES string of the molecule is O=C(Nc1cc(Cl)ccc1O)C1CCN(c2ncccc2C(=O)N2CCCCC2)CC1. The molecule has 0 atom stereocenters. The van der Waals surface area contributed by atoms with Crippen LogP contribution in [0.4, 0.5) is 11.5 Å². The molecule has 4 rings (SSSR count). The van der Waals surface area contributed by atoms with Crippen molar-refractivity contribution in [2.24, 2.45) is 5.92 Å². The number of aromatic hydroxyl groups is 1. The van der Waals surface area contributed by atoms with Crippen LogP contribution in [0.25, 0.3) is 0 Å². The maximum absolute atomic E-state index is 13.1. The molecular formula is C23H27ClN4O3. The van der Waals surface area contributed by atoms with Crippen LogP contribution in [-0.2, 0) is 4.79 Å². The maximum atomic E-state index is 13.1. The van der Waals surface area contributed by atoms with Crippen LogP contribution in [-0.4, -0.2) is 53.0 Å². The van der Waals surface area contributed by atoms with Crippen molar-refractivity contribution in [2.75, 3.05) is 36.4 Å². The number of likely N-dealkylation sites (tertiary alicyclic amines) is 1. The smallest absolute Gasteiger partial charge is 0.257 e. The number of carbonyl (C=O) groups excluding carboxylic acids is 2. The monoisotopic (exact) mass is 442 g/mol. The highest BCUT2D eigenvalue weighted by Crippen LogP contribution is 2.30. The van der Waals surface area contributed by atoms with E-state index in [0.717, 1.165) is 25.9 Å². The number of pyridine rings is 1. The van der Waals surface area contributed by atoms with E-state index < -0.39 is 0 Å². The Kier molecular flexibility index (Phi) is 6.61. The molecule has 7 nitrogen and oxygen atoms in total. The van der Waals surface area contributed by atoms with Crippen molar-refractivity contribution >= 4 is 34.9 Å². The van der Waals surface area contributed by atoms with E-state index in [4.69, 9.17) is 11.6 Å². The van der Waals surface area contributed by atoms with Crippen molar-refractivity contribution < 1.29 is 14.7 Å². The van der Waals surface area contributed by atoms with E-state index in [1.807, 2.05) is 11.0 Å². The summed E-state index contributed by atoms with van der Waals surface area (Å²) in [7, 11) is 0. The summed E-state index contributed by atoms with van der Waals surface area (Å²) in [6, 6.07) is 8.22. The molecule has 31 heavy (non-hydrogen) atoms. The van der Waals surface area contributed by atoms with Gasteiger partial charge in [0.05, 0.1) is 11.3 Å². The third-order valence-electron chi connectivity index (χ3n) is 6.04. The number of amides is 2. The number of anilines is 2. The van der Waals surface area contributed by atoms with Gasteiger partial charge in [-0.15, -0.1) is 0 Å². The fourth-order valence-corrected chi connectivity index (χ4v) is 4.45. The number of benzene rings is 1. The van der Waals surface area contributed by atoms with Gasteiger partial charge in [-0.25, -0.2) is 4.98 Å². The van der Waals surface area contributed by atoms with E-state index in [2.05, 4.69) is 15.2 Å². The number of halogens is 1. The molecule has 1 aromatic heterocycles. The zero-order valence-electron chi connectivity index (χ0n) is 17.4. The zero-order valence-corrected chi connectivity index (χ0v) is 18.1. The Morgan fingerprint density at radius 2 is 1.81 bits per heavy atom. The van der Waals surface area contributed by atoms with Gasteiger partial charge in [0.15, 0.2) is 0 Å². The Hall–Kier alpha value is -2.80. The average molecular weight is 443 g/mol. The molecule has 2 N–H and O–H groups in total. The van der Waals surface area contributed by atoms with Gasteiger partial charge in [0, 0.05) is 43.3 Å².